The van der Waals surface area contributed by atoms with E-state index in [1.165, 1.54) is 0 Å². The number of fused-ring (bicyclic) bond motifs is 2. The summed E-state index contributed by atoms with van der Waals surface area (Å²) in [5, 5.41) is 13.0. The zero-order valence-corrected chi connectivity index (χ0v) is 12.1. The van der Waals surface area contributed by atoms with Gasteiger partial charge in [0.2, 0.25) is 0 Å². The van der Waals surface area contributed by atoms with Crippen LogP contribution in [-0.2, 0) is 9.53 Å². The van der Waals surface area contributed by atoms with E-state index in [4.69, 9.17) is 19.9 Å². The Bertz CT molecular complexity index is 657. The Kier molecular flexibility index (Phi) is 3.13. The number of aliphatic hydroxyl groups excluding tert-OH is 1. The lowest BCUT2D eigenvalue weighted by molar-refractivity contribution is -0.118. The van der Waals surface area contributed by atoms with Gasteiger partial charge in [0.25, 0.3) is 5.91 Å². The molecule has 118 valence electrons. The van der Waals surface area contributed by atoms with Crippen molar-refractivity contribution in [3.8, 4) is 11.5 Å². The molecule has 0 fully saturated rings. The summed E-state index contributed by atoms with van der Waals surface area (Å²) >= 11 is 0. The lowest BCUT2D eigenvalue weighted by Crippen LogP contribution is -2.50. The second-order valence-electron chi connectivity index (χ2n) is 5.73. The van der Waals surface area contributed by atoms with Crippen molar-refractivity contribution in [1.29, 1.82) is 0 Å². The highest BCUT2D eigenvalue weighted by Crippen LogP contribution is 2.46. The van der Waals surface area contributed by atoms with Crippen molar-refractivity contribution in [2.75, 3.05) is 11.9 Å². The van der Waals surface area contributed by atoms with Gasteiger partial charge in [-0.2, -0.15) is 0 Å². The van der Waals surface area contributed by atoms with Crippen LogP contribution in [0, 0.1) is 0 Å². The number of carbonyl (C=O) groups is 2. The lowest BCUT2D eigenvalue weighted by atomic mass is 9.88. The quantitative estimate of drug-likeness (QED) is 0.702. The smallest absolute Gasteiger partial charge is 0.405 e. The largest absolute Gasteiger partial charge is 0.484 e. The number of amides is 2. The van der Waals surface area contributed by atoms with E-state index in [0.717, 1.165) is 0 Å². The first-order valence-corrected chi connectivity index (χ1v) is 6.71. The molecule has 0 bridgehead atoms. The van der Waals surface area contributed by atoms with Gasteiger partial charge in [-0.3, -0.25) is 4.79 Å². The van der Waals surface area contributed by atoms with E-state index in [1.54, 1.807) is 26.0 Å². The SMILES string of the molecule is CC1(C)Oc2cc3c(cc2[C@H](OC(N)=O)[C@H]1O)OCC(=O)N3. The Morgan fingerprint density at radius 2 is 2.18 bits per heavy atom. The third-order valence-corrected chi connectivity index (χ3v) is 3.67. The van der Waals surface area contributed by atoms with Crippen LogP contribution in [0.5, 0.6) is 11.5 Å². The van der Waals surface area contributed by atoms with Gasteiger partial charge in [0.15, 0.2) is 12.7 Å². The first-order chi connectivity index (χ1) is 10.3. The van der Waals surface area contributed by atoms with Crippen LogP contribution in [0.3, 0.4) is 0 Å². The second kappa shape index (κ2) is 4.77. The molecular formula is C14H16N2O6. The highest BCUT2D eigenvalue weighted by atomic mass is 16.6. The molecule has 0 radical (unpaired) electrons. The van der Waals surface area contributed by atoms with E-state index in [9.17, 15) is 14.7 Å². The summed E-state index contributed by atoms with van der Waals surface area (Å²) in [6.07, 6.45) is -3.09. The number of aliphatic hydroxyl groups is 1. The van der Waals surface area contributed by atoms with Crippen LogP contribution in [0.4, 0.5) is 10.5 Å². The third kappa shape index (κ3) is 2.31. The molecular weight excluding hydrogens is 292 g/mol. The van der Waals surface area contributed by atoms with E-state index < -0.39 is 23.9 Å². The molecule has 8 heteroatoms. The van der Waals surface area contributed by atoms with Gasteiger partial charge >= 0.3 is 6.09 Å². The van der Waals surface area contributed by atoms with E-state index >= 15 is 0 Å². The molecule has 0 aliphatic carbocycles. The van der Waals surface area contributed by atoms with Crippen molar-refractivity contribution >= 4 is 17.7 Å². The van der Waals surface area contributed by atoms with E-state index in [1.807, 2.05) is 0 Å². The number of benzene rings is 1. The molecule has 2 amide bonds. The van der Waals surface area contributed by atoms with Gasteiger partial charge in [-0.05, 0) is 19.9 Å². The highest BCUT2D eigenvalue weighted by Gasteiger charge is 2.45. The van der Waals surface area contributed by atoms with Crippen molar-refractivity contribution in [2.24, 2.45) is 5.73 Å². The lowest BCUT2D eigenvalue weighted by Gasteiger charge is -2.41. The number of primary amides is 1. The Morgan fingerprint density at radius 3 is 2.86 bits per heavy atom. The summed E-state index contributed by atoms with van der Waals surface area (Å²) in [6.45, 7) is 3.21. The van der Waals surface area contributed by atoms with Crippen LogP contribution < -0.4 is 20.5 Å². The molecule has 0 spiro atoms. The van der Waals surface area contributed by atoms with Crippen molar-refractivity contribution < 1.29 is 28.9 Å². The topological polar surface area (TPSA) is 120 Å². The summed E-state index contributed by atoms with van der Waals surface area (Å²) in [4.78, 5) is 22.5. The number of hydrogen-bond donors (Lipinski definition) is 3. The zero-order chi connectivity index (χ0) is 16.1. The van der Waals surface area contributed by atoms with Crippen molar-refractivity contribution in [3.05, 3.63) is 17.7 Å². The maximum absolute atomic E-state index is 11.4. The second-order valence-corrected chi connectivity index (χ2v) is 5.73. The summed E-state index contributed by atoms with van der Waals surface area (Å²) in [5.41, 5.74) is 4.98. The maximum Gasteiger partial charge on any atom is 0.405 e. The van der Waals surface area contributed by atoms with Crippen molar-refractivity contribution in [1.82, 2.24) is 0 Å². The molecule has 2 aliphatic rings. The Hall–Kier alpha value is -2.48. The van der Waals surface area contributed by atoms with Crippen LogP contribution in [0.1, 0.15) is 25.5 Å². The van der Waals surface area contributed by atoms with Gasteiger partial charge in [-0.15, -0.1) is 0 Å². The first kappa shape index (κ1) is 14.5. The fourth-order valence-electron chi connectivity index (χ4n) is 2.56. The summed E-state index contributed by atoms with van der Waals surface area (Å²) in [7, 11) is 0. The average Bonchev–Trinajstić information content (AvgIpc) is 2.41. The summed E-state index contributed by atoms with van der Waals surface area (Å²) < 4.78 is 16.1. The molecule has 0 aromatic heterocycles. The maximum atomic E-state index is 11.4. The number of nitrogens with one attached hydrogen (secondary N) is 1. The van der Waals surface area contributed by atoms with Gasteiger partial charge in [0.05, 0.1) is 5.69 Å². The Morgan fingerprint density at radius 1 is 1.45 bits per heavy atom. The minimum Gasteiger partial charge on any atom is -0.484 e. The van der Waals surface area contributed by atoms with Crippen LogP contribution in [0.15, 0.2) is 12.1 Å². The molecule has 1 aromatic carbocycles. The predicted molar refractivity (Wildman–Crippen MR) is 74.7 cm³/mol. The summed E-state index contributed by atoms with van der Waals surface area (Å²) in [5.74, 6) is 0.519. The van der Waals surface area contributed by atoms with E-state index in [-0.39, 0.29) is 12.5 Å². The minimum atomic E-state index is -1.11. The predicted octanol–water partition coefficient (Wildman–Crippen LogP) is 0.686. The molecule has 0 saturated carbocycles. The Labute approximate surface area is 126 Å². The standard InChI is InChI=1S/C14H16N2O6/c1-14(2)12(18)11(21-13(15)19)6-3-9-7(4-8(6)22-14)16-10(17)5-20-9/h3-4,11-12,18H,5H2,1-2H3,(H2,15,19)(H,16,17)/t11-,12+/m0/s1. The number of anilines is 1. The molecule has 1 aromatic rings. The molecule has 0 unspecified atom stereocenters. The molecule has 3 rings (SSSR count). The molecule has 8 nitrogen and oxygen atoms in total. The van der Waals surface area contributed by atoms with Crippen LogP contribution in [0.2, 0.25) is 0 Å². The summed E-state index contributed by atoms with van der Waals surface area (Å²) in [6, 6.07) is 3.14. The monoisotopic (exact) mass is 308 g/mol. The molecule has 22 heavy (non-hydrogen) atoms. The molecule has 2 heterocycles. The Balaban J connectivity index is 2.09. The van der Waals surface area contributed by atoms with Crippen molar-refractivity contribution in [3.63, 3.8) is 0 Å². The van der Waals surface area contributed by atoms with E-state index in [2.05, 4.69) is 5.32 Å². The third-order valence-electron chi connectivity index (χ3n) is 3.67. The molecule has 2 atom stereocenters. The van der Waals surface area contributed by atoms with E-state index in [0.29, 0.717) is 22.7 Å². The van der Waals surface area contributed by atoms with Gasteiger partial charge < -0.3 is 30.4 Å². The number of carbonyl (C=O) groups excluding carboxylic acids is 2. The molecule has 2 aliphatic heterocycles. The number of hydrogen-bond acceptors (Lipinski definition) is 6. The van der Waals surface area contributed by atoms with Crippen LogP contribution in [-0.4, -0.2) is 35.4 Å². The average molecular weight is 308 g/mol. The van der Waals surface area contributed by atoms with Gasteiger partial charge in [-0.25, -0.2) is 4.79 Å². The van der Waals surface area contributed by atoms with Crippen LogP contribution >= 0.6 is 0 Å². The zero-order valence-electron chi connectivity index (χ0n) is 12.1. The van der Waals surface area contributed by atoms with Crippen LogP contribution in [0.25, 0.3) is 0 Å². The van der Waals surface area contributed by atoms with Gasteiger partial charge in [0, 0.05) is 11.6 Å². The van der Waals surface area contributed by atoms with Crippen molar-refractivity contribution in [2.45, 2.75) is 31.7 Å². The first-order valence-electron chi connectivity index (χ1n) is 6.71. The number of nitrogens with two attached hydrogens (primary N) is 1. The normalized spacial score (nSPS) is 25.0. The molecule has 4 N–H and O–H groups in total. The minimum absolute atomic E-state index is 0.109. The number of rotatable bonds is 1. The molecule has 0 saturated heterocycles. The highest BCUT2D eigenvalue weighted by molar-refractivity contribution is 5.95. The van der Waals surface area contributed by atoms with Gasteiger partial charge in [-0.1, -0.05) is 0 Å². The fraction of sp³-hybridized carbons (Fsp3) is 0.429. The van der Waals surface area contributed by atoms with Gasteiger partial charge in [0.1, 0.15) is 23.2 Å². The fourth-order valence-corrected chi connectivity index (χ4v) is 2.56. The number of ether oxygens (including phenoxy) is 3.